The van der Waals surface area contributed by atoms with Crippen molar-refractivity contribution in [3.05, 3.63) is 66.4 Å². The Balaban J connectivity index is 1.56. The number of ether oxygens (including phenoxy) is 1. The summed E-state index contributed by atoms with van der Waals surface area (Å²) in [6, 6.07) is 6.73. The number of hydrogen-bond acceptors (Lipinski definition) is 6. The van der Waals surface area contributed by atoms with Gasteiger partial charge in [0.15, 0.2) is 17.2 Å². The molecule has 0 spiro atoms. The first-order chi connectivity index (χ1) is 14.7. The molecule has 5 aromatic rings. The Morgan fingerprint density at radius 3 is 2.97 bits per heavy atom. The minimum atomic E-state index is -0.355. The van der Waals surface area contributed by atoms with Crippen molar-refractivity contribution in [2.75, 3.05) is 6.61 Å². The lowest BCUT2D eigenvalue weighted by Gasteiger charge is -2.28. The Labute approximate surface area is 170 Å². The lowest BCUT2D eigenvalue weighted by Crippen LogP contribution is -2.22. The van der Waals surface area contributed by atoms with Crippen molar-refractivity contribution in [3.8, 4) is 11.7 Å². The van der Waals surface area contributed by atoms with Crippen molar-refractivity contribution in [1.82, 2.24) is 34.1 Å². The molecule has 0 saturated carbocycles. The van der Waals surface area contributed by atoms with Crippen molar-refractivity contribution < 1.29 is 9.13 Å². The highest BCUT2D eigenvalue weighted by atomic mass is 19.1. The van der Waals surface area contributed by atoms with Crippen molar-refractivity contribution in [1.29, 1.82) is 0 Å². The smallest absolute Gasteiger partial charge is 0.237 e. The molecule has 0 aliphatic carbocycles. The number of hydrogen-bond donors (Lipinski definition) is 0. The highest BCUT2D eigenvalue weighted by Gasteiger charge is 2.28. The monoisotopic (exact) mass is 401 g/mol. The summed E-state index contributed by atoms with van der Waals surface area (Å²) in [7, 11) is 0. The molecule has 0 bridgehead atoms. The summed E-state index contributed by atoms with van der Waals surface area (Å²) in [5.41, 5.74) is 3.79. The number of benzene rings is 1. The third-order valence-electron chi connectivity index (χ3n) is 5.47. The molecular formula is C21H16FN7O. The quantitative estimate of drug-likeness (QED) is 0.451. The zero-order chi connectivity index (χ0) is 20.2. The van der Waals surface area contributed by atoms with E-state index in [4.69, 9.17) is 9.72 Å². The Kier molecular flexibility index (Phi) is 3.58. The van der Waals surface area contributed by atoms with Gasteiger partial charge < -0.3 is 9.30 Å². The number of aromatic nitrogens is 7. The molecule has 148 valence electrons. The topological polar surface area (TPSA) is 83.5 Å². The van der Waals surface area contributed by atoms with Crippen molar-refractivity contribution in [3.63, 3.8) is 0 Å². The van der Waals surface area contributed by atoms with Gasteiger partial charge in [0.05, 0.1) is 36.1 Å². The Morgan fingerprint density at radius 2 is 2.03 bits per heavy atom. The van der Waals surface area contributed by atoms with Crippen LogP contribution in [0.3, 0.4) is 0 Å². The highest BCUT2D eigenvalue weighted by Crippen LogP contribution is 2.38. The maximum Gasteiger partial charge on any atom is 0.237 e. The standard InChI is InChI=1S/C21H16FN7O/c1-12-26-16-9-24-21(28-11-25-15-5-7-23-10-18(15)28)27-20(16)29(12)17-6-8-30-19-13(17)3-2-4-14(19)22/h2-5,7,9-11,17H,6,8H2,1H3. The summed E-state index contributed by atoms with van der Waals surface area (Å²) in [6.07, 6.45) is 7.51. The first-order valence-corrected chi connectivity index (χ1v) is 9.61. The summed E-state index contributed by atoms with van der Waals surface area (Å²) >= 11 is 0. The fraction of sp³-hybridized carbons (Fsp3) is 0.190. The molecule has 1 unspecified atom stereocenters. The van der Waals surface area contributed by atoms with Crippen LogP contribution in [0.25, 0.3) is 28.1 Å². The molecule has 30 heavy (non-hydrogen) atoms. The first-order valence-electron chi connectivity index (χ1n) is 9.61. The van der Waals surface area contributed by atoms with Gasteiger partial charge in [0.25, 0.3) is 0 Å². The predicted octanol–water partition coefficient (Wildman–Crippen LogP) is 3.38. The summed E-state index contributed by atoms with van der Waals surface area (Å²) in [6.45, 7) is 2.35. The minimum absolute atomic E-state index is 0.126. The van der Waals surface area contributed by atoms with E-state index in [1.165, 1.54) is 6.07 Å². The molecule has 5 heterocycles. The van der Waals surface area contributed by atoms with E-state index in [1.807, 2.05) is 23.6 Å². The van der Waals surface area contributed by atoms with E-state index in [0.717, 1.165) is 22.4 Å². The molecule has 0 radical (unpaired) electrons. The second kappa shape index (κ2) is 6.31. The molecule has 0 saturated heterocycles. The highest BCUT2D eigenvalue weighted by molar-refractivity contribution is 5.76. The number of nitrogens with zero attached hydrogens (tertiary/aromatic N) is 7. The van der Waals surface area contributed by atoms with E-state index >= 15 is 0 Å². The molecule has 9 heteroatoms. The molecule has 0 amide bonds. The van der Waals surface area contributed by atoms with E-state index in [9.17, 15) is 4.39 Å². The SMILES string of the molecule is Cc1nc2cnc(-n3cnc4ccncc43)nc2n1C1CCOc2c(F)cccc21. The van der Waals surface area contributed by atoms with E-state index in [1.54, 1.807) is 35.6 Å². The maximum atomic E-state index is 14.3. The molecule has 0 fully saturated rings. The predicted molar refractivity (Wildman–Crippen MR) is 107 cm³/mol. The fourth-order valence-electron chi connectivity index (χ4n) is 4.14. The second-order valence-corrected chi connectivity index (χ2v) is 7.20. The van der Waals surface area contributed by atoms with Crippen molar-refractivity contribution in [2.24, 2.45) is 0 Å². The van der Waals surface area contributed by atoms with Gasteiger partial charge in [-0.2, -0.15) is 4.98 Å². The number of rotatable bonds is 2. The van der Waals surface area contributed by atoms with Crippen LogP contribution in [-0.4, -0.2) is 40.7 Å². The molecular weight excluding hydrogens is 385 g/mol. The van der Waals surface area contributed by atoms with Gasteiger partial charge in [0.1, 0.15) is 17.7 Å². The Hall–Kier alpha value is -3.88. The average Bonchev–Trinajstić information content (AvgIpc) is 3.33. The molecule has 1 atom stereocenters. The first kappa shape index (κ1) is 17.0. The molecule has 1 aliphatic rings. The van der Waals surface area contributed by atoms with E-state index in [2.05, 4.69) is 19.9 Å². The zero-order valence-electron chi connectivity index (χ0n) is 16.0. The van der Waals surface area contributed by atoms with Crippen LogP contribution >= 0.6 is 0 Å². The van der Waals surface area contributed by atoms with E-state index in [-0.39, 0.29) is 11.9 Å². The molecule has 0 N–H and O–H groups in total. The van der Waals surface area contributed by atoms with Crippen LogP contribution in [0, 0.1) is 12.7 Å². The number of halogens is 1. The number of imidazole rings is 2. The van der Waals surface area contributed by atoms with Crippen LogP contribution in [-0.2, 0) is 0 Å². The van der Waals surface area contributed by atoms with Crippen LogP contribution in [0.15, 0.2) is 49.2 Å². The van der Waals surface area contributed by atoms with E-state index < -0.39 is 0 Å². The molecule has 8 nitrogen and oxygen atoms in total. The lowest BCUT2D eigenvalue weighted by atomic mass is 10.00. The zero-order valence-corrected chi connectivity index (χ0v) is 16.0. The van der Waals surface area contributed by atoms with Crippen molar-refractivity contribution in [2.45, 2.75) is 19.4 Å². The largest absolute Gasteiger partial charge is 0.490 e. The number of pyridine rings is 1. The second-order valence-electron chi connectivity index (χ2n) is 7.20. The summed E-state index contributed by atoms with van der Waals surface area (Å²) in [4.78, 5) is 22.5. The number of aryl methyl sites for hydroxylation is 1. The summed E-state index contributed by atoms with van der Waals surface area (Å²) < 4.78 is 23.7. The minimum Gasteiger partial charge on any atom is -0.490 e. The molecule has 1 aromatic carbocycles. The van der Waals surface area contributed by atoms with Gasteiger partial charge >= 0.3 is 0 Å². The van der Waals surface area contributed by atoms with Gasteiger partial charge in [-0.05, 0) is 19.1 Å². The van der Waals surface area contributed by atoms with Crippen LogP contribution in [0.5, 0.6) is 5.75 Å². The third-order valence-corrected chi connectivity index (χ3v) is 5.47. The van der Waals surface area contributed by atoms with Gasteiger partial charge in [-0.15, -0.1) is 0 Å². The maximum absolute atomic E-state index is 14.3. The third kappa shape index (κ3) is 2.41. The molecule has 6 rings (SSSR count). The average molecular weight is 401 g/mol. The van der Waals surface area contributed by atoms with Gasteiger partial charge in [-0.1, -0.05) is 12.1 Å². The molecule has 4 aromatic heterocycles. The number of para-hydroxylation sites is 1. The Morgan fingerprint density at radius 1 is 1.10 bits per heavy atom. The summed E-state index contributed by atoms with van der Waals surface area (Å²) in [5.74, 6) is 1.21. The number of fused-ring (bicyclic) bond motifs is 3. The summed E-state index contributed by atoms with van der Waals surface area (Å²) in [5, 5.41) is 0. The normalized spacial score (nSPS) is 16.0. The lowest BCUT2D eigenvalue weighted by molar-refractivity contribution is 0.244. The van der Waals surface area contributed by atoms with Gasteiger partial charge in [0, 0.05) is 18.2 Å². The van der Waals surface area contributed by atoms with Crippen LogP contribution < -0.4 is 4.74 Å². The van der Waals surface area contributed by atoms with Crippen molar-refractivity contribution >= 4 is 22.2 Å². The van der Waals surface area contributed by atoms with Crippen LogP contribution in [0.2, 0.25) is 0 Å². The van der Waals surface area contributed by atoms with Crippen LogP contribution in [0.1, 0.15) is 23.9 Å². The fourth-order valence-corrected chi connectivity index (χ4v) is 4.14. The Bertz CT molecular complexity index is 1420. The van der Waals surface area contributed by atoms with E-state index in [0.29, 0.717) is 35.9 Å². The molecule has 1 aliphatic heterocycles. The van der Waals surface area contributed by atoms with Crippen LogP contribution in [0.4, 0.5) is 4.39 Å². The van der Waals surface area contributed by atoms with Gasteiger partial charge in [0.2, 0.25) is 5.95 Å². The van der Waals surface area contributed by atoms with Gasteiger partial charge in [-0.3, -0.25) is 9.55 Å². The van der Waals surface area contributed by atoms with Gasteiger partial charge in [-0.25, -0.2) is 19.3 Å².